The number of rotatable bonds is 10. The molecule has 0 aliphatic carbocycles. The van der Waals surface area contributed by atoms with Gasteiger partial charge in [0.05, 0.1) is 33.9 Å². The fourth-order valence-electron chi connectivity index (χ4n) is 6.67. The summed E-state index contributed by atoms with van der Waals surface area (Å²) < 4.78 is 46.6. The monoisotopic (exact) mass is 746 g/mol. The zero-order valence-corrected chi connectivity index (χ0v) is 30.9. The van der Waals surface area contributed by atoms with Crippen molar-refractivity contribution >= 4 is 57.2 Å². The number of aliphatic hydroxyl groups is 1. The predicted molar refractivity (Wildman–Crippen MR) is 192 cm³/mol. The Bertz CT molecular complexity index is 1720. The Labute approximate surface area is 290 Å². The molecular formula is C34H45BrFN6O5P. The number of ether oxygens (including phenoxy) is 3. The number of anilines is 5. The molecule has 2 aromatic carbocycles. The van der Waals surface area contributed by atoms with E-state index in [1.54, 1.807) is 40.5 Å². The summed E-state index contributed by atoms with van der Waals surface area (Å²) in [6, 6.07) is 8.08. The van der Waals surface area contributed by atoms with Gasteiger partial charge in [-0.15, -0.1) is 0 Å². The number of benzene rings is 2. The fraction of sp³-hybridized carbons (Fsp3) is 0.529. The normalized spacial score (nSPS) is 18.3. The van der Waals surface area contributed by atoms with Crippen LogP contribution in [0.4, 0.5) is 33.2 Å². The maximum Gasteiger partial charge on any atom is 0.229 e. The van der Waals surface area contributed by atoms with Crippen molar-refractivity contribution in [1.82, 2.24) is 14.9 Å². The first kappa shape index (κ1) is 34.7. The van der Waals surface area contributed by atoms with E-state index in [0.29, 0.717) is 63.7 Å². The van der Waals surface area contributed by atoms with Crippen LogP contribution in [0.3, 0.4) is 0 Å². The van der Waals surface area contributed by atoms with Crippen molar-refractivity contribution in [2.45, 2.75) is 57.3 Å². The van der Waals surface area contributed by atoms with Crippen molar-refractivity contribution < 1.29 is 28.3 Å². The number of halogens is 2. The van der Waals surface area contributed by atoms with Gasteiger partial charge in [-0.05, 0) is 86.1 Å². The Morgan fingerprint density at radius 2 is 1.85 bits per heavy atom. The predicted octanol–water partition coefficient (Wildman–Crippen LogP) is 6.08. The number of fused-ring (bicyclic) bond motifs is 1. The summed E-state index contributed by atoms with van der Waals surface area (Å²) in [5, 5.41) is 17.5. The summed E-state index contributed by atoms with van der Waals surface area (Å²) in [6.45, 7) is 11.7. The molecule has 0 amide bonds. The number of nitrogens with zero attached hydrogens (tertiary/aromatic N) is 4. The first-order valence-corrected chi connectivity index (χ1v) is 19.8. The lowest BCUT2D eigenvalue weighted by Gasteiger charge is -2.54. The van der Waals surface area contributed by atoms with Gasteiger partial charge in [0.1, 0.15) is 31.9 Å². The third kappa shape index (κ3) is 6.84. The quantitative estimate of drug-likeness (QED) is 0.210. The van der Waals surface area contributed by atoms with E-state index < -0.39 is 18.4 Å². The van der Waals surface area contributed by atoms with Gasteiger partial charge in [0, 0.05) is 50.2 Å². The first-order valence-electron chi connectivity index (χ1n) is 16.4. The van der Waals surface area contributed by atoms with Gasteiger partial charge in [-0.3, -0.25) is 4.90 Å². The highest BCUT2D eigenvalue weighted by Crippen LogP contribution is 2.47. The van der Waals surface area contributed by atoms with Crippen LogP contribution in [0.15, 0.2) is 34.9 Å². The van der Waals surface area contributed by atoms with Gasteiger partial charge in [0.2, 0.25) is 5.95 Å². The van der Waals surface area contributed by atoms with Gasteiger partial charge in [0.25, 0.3) is 0 Å². The minimum absolute atomic E-state index is 0.279. The third-order valence-corrected chi connectivity index (χ3v) is 11.7. The lowest BCUT2D eigenvalue weighted by Crippen LogP contribution is -2.71. The lowest BCUT2D eigenvalue weighted by atomic mass is 9.79. The Morgan fingerprint density at radius 1 is 1.15 bits per heavy atom. The second-order valence-corrected chi connectivity index (χ2v) is 17.7. The number of methoxy groups -OCH3 is 1. The number of piperidine rings is 1. The highest BCUT2D eigenvalue weighted by molar-refractivity contribution is 9.10. The standard InChI is InChI=1S/C34H45BrFN6O5P/c1-7-21-16-25(28(45-4)17-26(21)41-12-10-22(11-13-41)42-19-34(36,20-42)33(2,3)43)39-32-37-18-23(35)31(40-32)38-24-8-9-27-29(47-15-14-46-27)30(24)48(5,6)44/h8-9,16-18,22,43H,7,10-15,19-20H2,1-6H3,(H2,37,38,39,40). The van der Waals surface area contributed by atoms with Crippen LogP contribution in [0.5, 0.6) is 17.2 Å². The number of nitrogens with one attached hydrogen (secondary N) is 2. The maximum atomic E-state index is 15.0. The van der Waals surface area contributed by atoms with Crippen LogP contribution in [0.2, 0.25) is 0 Å². The molecule has 3 aromatic rings. The molecule has 0 radical (unpaired) electrons. The number of likely N-dealkylation sites (tertiary alicyclic amines) is 1. The van der Waals surface area contributed by atoms with Crippen molar-refractivity contribution in [2.24, 2.45) is 0 Å². The highest BCUT2D eigenvalue weighted by atomic mass is 79.9. The molecular weight excluding hydrogens is 702 g/mol. The molecule has 14 heteroatoms. The Morgan fingerprint density at radius 3 is 2.50 bits per heavy atom. The van der Waals surface area contributed by atoms with Gasteiger partial charge >= 0.3 is 0 Å². The summed E-state index contributed by atoms with van der Waals surface area (Å²) in [7, 11) is -1.14. The molecule has 4 heterocycles. The zero-order valence-electron chi connectivity index (χ0n) is 28.4. The van der Waals surface area contributed by atoms with Gasteiger partial charge < -0.3 is 39.4 Å². The van der Waals surface area contributed by atoms with E-state index in [2.05, 4.69) is 60.4 Å². The topological polar surface area (TPSA) is 121 Å². The molecule has 3 N–H and O–H groups in total. The maximum absolute atomic E-state index is 15.0. The van der Waals surface area contributed by atoms with Gasteiger partial charge in [-0.2, -0.15) is 4.98 Å². The van der Waals surface area contributed by atoms with E-state index in [4.69, 9.17) is 19.2 Å². The van der Waals surface area contributed by atoms with Crippen molar-refractivity contribution in [3.05, 3.63) is 40.5 Å². The number of hydrogen-bond donors (Lipinski definition) is 3. The summed E-state index contributed by atoms with van der Waals surface area (Å²) in [5.41, 5.74) is 0.745. The third-order valence-electron chi connectivity index (χ3n) is 9.57. The van der Waals surface area contributed by atoms with Crippen LogP contribution in [0, 0.1) is 0 Å². The van der Waals surface area contributed by atoms with Crippen LogP contribution in [0.1, 0.15) is 39.2 Å². The summed E-state index contributed by atoms with van der Waals surface area (Å²) in [4.78, 5) is 13.8. The molecule has 1 aromatic heterocycles. The lowest BCUT2D eigenvalue weighted by molar-refractivity contribution is -0.170. The van der Waals surface area contributed by atoms with E-state index >= 15 is 4.39 Å². The fourth-order valence-corrected chi connectivity index (χ4v) is 8.34. The Hall–Kier alpha value is -3.12. The number of aromatic nitrogens is 2. The van der Waals surface area contributed by atoms with Gasteiger partial charge in [0.15, 0.2) is 17.2 Å². The van der Waals surface area contributed by atoms with Crippen molar-refractivity contribution in [1.29, 1.82) is 0 Å². The van der Waals surface area contributed by atoms with E-state index in [9.17, 15) is 9.67 Å². The van der Waals surface area contributed by atoms with Crippen LogP contribution in [-0.2, 0) is 11.0 Å². The molecule has 0 unspecified atom stereocenters. The molecule has 6 rings (SSSR count). The van der Waals surface area contributed by atoms with E-state index in [1.165, 1.54) is 0 Å². The van der Waals surface area contributed by atoms with Crippen LogP contribution < -0.4 is 35.0 Å². The largest absolute Gasteiger partial charge is 0.494 e. The van der Waals surface area contributed by atoms with Crippen molar-refractivity contribution in [3.63, 3.8) is 0 Å². The minimum atomic E-state index is -2.78. The van der Waals surface area contributed by atoms with E-state index in [-0.39, 0.29) is 13.1 Å². The molecule has 3 aliphatic heterocycles. The highest BCUT2D eigenvalue weighted by Gasteiger charge is 2.55. The molecule has 2 saturated heterocycles. The average molecular weight is 748 g/mol. The molecule has 11 nitrogen and oxygen atoms in total. The molecule has 0 bridgehead atoms. The summed E-state index contributed by atoms with van der Waals surface area (Å²) >= 11 is 3.56. The van der Waals surface area contributed by atoms with Crippen LogP contribution in [0.25, 0.3) is 0 Å². The first-order chi connectivity index (χ1) is 22.7. The number of aryl methyl sites for hydroxylation is 1. The van der Waals surface area contributed by atoms with Gasteiger partial charge in [-0.25, -0.2) is 9.37 Å². The van der Waals surface area contributed by atoms with Gasteiger partial charge in [-0.1, -0.05) is 6.92 Å². The summed E-state index contributed by atoms with van der Waals surface area (Å²) in [5.74, 6) is 2.58. The SMILES string of the molecule is CCc1cc(Nc2ncc(Br)c(Nc3ccc4c(c3P(C)(C)=O)OCCO4)n2)c(OC)cc1N1CCC(N2CC(F)(C(C)(C)O)C2)CC1. The van der Waals surface area contributed by atoms with E-state index in [0.717, 1.165) is 49.3 Å². The van der Waals surface area contributed by atoms with Crippen molar-refractivity contribution in [2.75, 3.05) is 75.4 Å². The molecule has 0 spiro atoms. The number of hydrogen-bond acceptors (Lipinski definition) is 11. The molecule has 48 heavy (non-hydrogen) atoms. The molecule has 0 saturated carbocycles. The van der Waals surface area contributed by atoms with Crippen molar-refractivity contribution in [3.8, 4) is 17.2 Å². The summed E-state index contributed by atoms with van der Waals surface area (Å²) in [6.07, 6.45) is 4.31. The Balaban J connectivity index is 1.19. The second-order valence-electron chi connectivity index (χ2n) is 13.7. The minimum Gasteiger partial charge on any atom is -0.494 e. The molecule has 260 valence electrons. The molecule has 0 atom stereocenters. The smallest absolute Gasteiger partial charge is 0.229 e. The second kappa shape index (κ2) is 13.3. The van der Waals surface area contributed by atoms with Crippen LogP contribution in [-0.4, -0.2) is 97.1 Å². The van der Waals surface area contributed by atoms with E-state index in [1.807, 2.05) is 12.1 Å². The molecule has 2 fully saturated rings. The zero-order chi connectivity index (χ0) is 34.4. The Kier molecular flexibility index (Phi) is 9.63. The average Bonchev–Trinajstić information content (AvgIpc) is 3.03. The number of alkyl halides is 1. The van der Waals surface area contributed by atoms with Crippen LogP contribution >= 0.6 is 23.1 Å². The molecule has 3 aliphatic rings.